The number of anilines is 1. The van der Waals surface area contributed by atoms with Gasteiger partial charge in [0.1, 0.15) is 9.71 Å². The van der Waals surface area contributed by atoms with Crippen LogP contribution < -0.4 is 5.73 Å². The van der Waals surface area contributed by atoms with Gasteiger partial charge in [-0.15, -0.1) is 11.3 Å². The van der Waals surface area contributed by atoms with Gasteiger partial charge < -0.3 is 10.6 Å². The van der Waals surface area contributed by atoms with Crippen molar-refractivity contribution in [1.82, 2.24) is 9.88 Å². The van der Waals surface area contributed by atoms with E-state index in [-0.39, 0.29) is 11.3 Å². The largest absolute Gasteiger partial charge is 0.397 e. The molecule has 140 valence electrons. The molecule has 4 rings (SSSR count). The molecule has 2 fully saturated rings. The molecule has 1 saturated carbocycles. The number of nitrogens with zero attached hydrogens (tertiary/aromatic N) is 2. The number of rotatable bonds is 1. The zero-order valence-electron chi connectivity index (χ0n) is 16.7. The number of amides is 1. The van der Waals surface area contributed by atoms with Gasteiger partial charge in [-0.1, -0.05) is 20.8 Å². The van der Waals surface area contributed by atoms with Gasteiger partial charge in [-0.3, -0.25) is 4.79 Å². The molecule has 4 nitrogen and oxygen atoms in total. The summed E-state index contributed by atoms with van der Waals surface area (Å²) in [6, 6.07) is 0.302. The summed E-state index contributed by atoms with van der Waals surface area (Å²) in [4.78, 5) is 21.8. The lowest BCUT2D eigenvalue weighted by Gasteiger charge is -2.40. The summed E-state index contributed by atoms with van der Waals surface area (Å²) < 4.78 is 0. The van der Waals surface area contributed by atoms with Crippen LogP contribution in [0.2, 0.25) is 0 Å². The highest BCUT2D eigenvalue weighted by atomic mass is 32.1. The molecule has 1 amide bonds. The third-order valence-electron chi connectivity index (χ3n) is 6.93. The molecule has 5 heteroatoms. The Balaban J connectivity index is 1.78. The average Bonchev–Trinajstić information content (AvgIpc) is 2.96. The van der Waals surface area contributed by atoms with Crippen LogP contribution in [-0.2, 0) is 0 Å². The van der Waals surface area contributed by atoms with Gasteiger partial charge in [-0.05, 0) is 62.0 Å². The normalized spacial score (nSPS) is 27.3. The minimum absolute atomic E-state index is 0.0993. The second kappa shape index (κ2) is 5.44. The van der Waals surface area contributed by atoms with Crippen molar-refractivity contribution in [3.63, 3.8) is 0 Å². The summed E-state index contributed by atoms with van der Waals surface area (Å²) in [6.45, 7) is 14.0. The molecule has 2 atom stereocenters. The van der Waals surface area contributed by atoms with Gasteiger partial charge in [0, 0.05) is 23.7 Å². The number of thiophene rings is 1. The first-order valence-corrected chi connectivity index (χ1v) is 10.3. The van der Waals surface area contributed by atoms with Crippen molar-refractivity contribution in [2.45, 2.75) is 66.8 Å². The van der Waals surface area contributed by atoms with Crippen LogP contribution in [0.1, 0.15) is 66.5 Å². The summed E-state index contributed by atoms with van der Waals surface area (Å²) in [5.41, 5.74) is 11.0. The number of aromatic nitrogens is 1. The van der Waals surface area contributed by atoms with Crippen LogP contribution >= 0.6 is 11.3 Å². The van der Waals surface area contributed by atoms with E-state index in [1.54, 1.807) is 0 Å². The maximum absolute atomic E-state index is 13.5. The summed E-state index contributed by atoms with van der Waals surface area (Å²) in [6.07, 6.45) is 3.38. The molecule has 2 N–H and O–H groups in total. The first-order chi connectivity index (χ1) is 12.0. The number of fused-ring (bicyclic) bond motifs is 3. The number of nitrogen functional groups attached to an aromatic ring is 1. The summed E-state index contributed by atoms with van der Waals surface area (Å²) in [7, 11) is 0. The SMILES string of the molecule is Cc1nc2sc(C(=O)N3CCC4(C)CC3C(C)(C)C4)c(N)c2c(C)c1C. The average molecular weight is 372 g/mol. The van der Waals surface area contributed by atoms with E-state index in [4.69, 9.17) is 10.7 Å². The molecule has 2 bridgehead atoms. The van der Waals surface area contributed by atoms with Crippen molar-refractivity contribution in [1.29, 1.82) is 0 Å². The quantitative estimate of drug-likeness (QED) is 0.780. The molecule has 3 heterocycles. The molecule has 26 heavy (non-hydrogen) atoms. The Morgan fingerprint density at radius 1 is 1.23 bits per heavy atom. The number of carbonyl (C=O) groups excluding carboxylic acids is 1. The predicted molar refractivity (Wildman–Crippen MR) is 109 cm³/mol. The summed E-state index contributed by atoms with van der Waals surface area (Å²) in [5, 5.41) is 0.967. The molecule has 2 unspecified atom stereocenters. The van der Waals surface area contributed by atoms with Gasteiger partial charge >= 0.3 is 0 Å². The van der Waals surface area contributed by atoms with E-state index < -0.39 is 0 Å². The molecule has 1 aliphatic heterocycles. The van der Waals surface area contributed by atoms with E-state index in [1.807, 2.05) is 6.92 Å². The van der Waals surface area contributed by atoms with Gasteiger partial charge in [0.25, 0.3) is 5.91 Å². The number of piperidine rings is 1. The molecule has 2 aliphatic rings. The van der Waals surface area contributed by atoms with Crippen LogP contribution in [0.25, 0.3) is 10.2 Å². The van der Waals surface area contributed by atoms with Crippen LogP contribution in [0.15, 0.2) is 0 Å². The molecular weight excluding hydrogens is 342 g/mol. The smallest absolute Gasteiger partial charge is 0.266 e. The third-order valence-corrected chi connectivity index (χ3v) is 8.02. The summed E-state index contributed by atoms with van der Waals surface area (Å²) in [5.74, 6) is 0.0993. The molecule has 1 aliphatic carbocycles. The van der Waals surface area contributed by atoms with E-state index in [0.717, 1.165) is 46.4 Å². The standard InChI is InChI=1S/C21H29N3OS/c1-11-12(2)15-16(22)17(26-18(15)23-13(11)3)19(25)24-8-7-21(6)9-14(24)20(4,5)10-21/h14H,7-10,22H2,1-6H3. The van der Waals surface area contributed by atoms with Crippen LogP contribution in [0.5, 0.6) is 0 Å². The number of hydrogen-bond donors (Lipinski definition) is 1. The number of hydrogen-bond acceptors (Lipinski definition) is 4. The zero-order chi connectivity index (χ0) is 19.0. The van der Waals surface area contributed by atoms with E-state index in [2.05, 4.69) is 39.5 Å². The lowest BCUT2D eigenvalue weighted by molar-refractivity contribution is 0.0480. The Bertz CT molecular complexity index is 929. The predicted octanol–water partition coefficient (Wildman–Crippen LogP) is 4.84. The first-order valence-electron chi connectivity index (χ1n) is 9.51. The molecule has 0 aromatic carbocycles. The second-order valence-electron chi connectivity index (χ2n) is 9.42. The number of likely N-dealkylation sites (tertiary alicyclic amines) is 1. The molecule has 0 spiro atoms. The lowest BCUT2D eigenvalue weighted by Crippen LogP contribution is -2.48. The minimum Gasteiger partial charge on any atom is -0.397 e. The Labute approximate surface area is 159 Å². The Morgan fingerprint density at radius 2 is 1.92 bits per heavy atom. The van der Waals surface area contributed by atoms with Crippen molar-refractivity contribution in [3.8, 4) is 0 Å². The van der Waals surface area contributed by atoms with Crippen molar-refractivity contribution < 1.29 is 4.79 Å². The van der Waals surface area contributed by atoms with E-state index in [0.29, 0.717) is 22.0 Å². The van der Waals surface area contributed by atoms with E-state index >= 15 is 0 Å². The minimum atomic E-state index is 0.0993. The topological polar surface area (TPSA) is 59.2 Å². The summed E-state index contributed by atoms with van der Waals surface area (Å²) >= 11 is 1.46. The number of aryl methyl sites for hydroxylation is 2. The van der Waals surface area contributed by atoms with Crippen molar-refractivity contribution in [2.24, 2.45) is 10.8 Å². The van der Waals surface area contributed by atoms with Crippen molar-refractivity contribution in [3.05, 3.63) is 21.7 Å². The Kier molecular flexibility index (Phi) is 3.72. The number of nitrogens with two attached hydrogens (primary N) is 1. The zero-order valence-corrected chi connectivity index (χ0v) is 17.5. The highest BCUT2D eigenvalue weighted by Gasteiger charge is 2.53. The van der Waals surface area contributed by atoms with Gasteiger partial charge in [0.15, 0.2) is 0 Å². The lowest BCUT2D eigenvalue weighted by atomic mass is 9.81. The van der Waals surface area contributed by atoms with Crippen molar-refractivity contribution >= 4 is 33.1 Å². The van der Waals surface area contributed by atoms with E-state index in [1.165, 1.54) is 17.8 Å². The maximum atomic E-state index is 13.5. The van der Waals surface area contributed by atoms with Gasteiger partial charge in [0.2, 0.25) is 0 Å². The number of pyridine rings is 1. The van der Waals surface area contributed by atoms with Crippen LogP contribution in [0, 0.1) is 31.6 Å². The third kappa shape index (κ3) is 2.39. The van der Waals surface area contributed by atoms with Gasteiger partial charge in [0.05, 0.1) is 5.69 Å². The second-order valence-corrected chi connectivity index (χ2v) is 10.4. The highest BCUT2D eigenvalue weighted by Crippen LogP contribution is 2.56. The fourth-order valence-electron chi connectivity index (χ4n) is 5.40. The fourth-order valence-corrected chi connectivity index (χ4v) is 6.56. The van der Waals surface area contributed by atoms with Crippen LogP contribution in [-0.4, -0.2) is 28.4 Å². The molecular formula is C21H29N3OS. The Morgan fingerprint density at radius 3 is 2.62 bits per heavy atom. The highest BCUT2D eigenvalue weighted by molar-refractivity contribution is 7.21. The number of carbonyl (C=O) groups is 1. The van der Waals surface area contributed by atoms with Crippen LogP contribution in [0.3, 0.4) is 0 Å². The van der Waals surface area contributed by atoms with Crippen molar-refractivity contribution in [2.75, 3.05) is 12.3 Å². The van der Waals surface area contributed by atoms with Crippen LogP contribution in [0.4, 0.5) is 5.69 Å². The van der Waals surface area contributed by atoms with Gasteiger partial charge in [-0.25, -0.2) is 4.98 Å². The molecule has 2 aromatic heterocycles. The van der Waals surface area contributed by atoms with E-state index in [9.17, 15) is 4.79 Å². The first kappa shape index (κ1) is 17.8. The molecule has 1 saturated heterocycles. The fraction of sp³-hybridized carbons (Fsp3) is 0.619. The maximum Gasteiger partial charge on any atom is 0.266 e. The monoisotopic (exact) mass is 371 g/mol. The molecule has 2 aromatic rings. The Hall–Kier alpha value is -1.62. The molecule has 0 radical (unpaired) electrons. The van der Waals surface area contributed by atoms with Gasteiger partial charge in [-0.2, -0.15) is 0 Å².